The van der Waals surface area contributed by atoms with E-state index >= 15 is 0 Å². The number of amides is 1. The summed E-state index contributed by atoms with van der Waals surface area (Å²) in [6, 6.07) is 5.50. The van der Waals surface area contributed by atoms with E-state index < -0.39 is 32.2 Å². The molecule has 1 aromatic carbocycles. The van der Waals surface area contributed by atoms with Gasteiger partial charge in [0, 0.05) is 38.3 Å². The van der Waals surface area contributed by atoms with Gasteiger partial charge in [-0.3, -0.25) is 15.3 Å². The van der Waals surface area contributed by atoms with Crippen LogP contribution in [0.4, 0.5) is 5.69 Å². The zero-order valence-corrected chi connectivity index (χ0v) is 18.6. The van der Waals surface area contributed by atoms with Crippen LogP contribution in [-0.4, -0.2) is 70.0 Å². The minimum Gasteiger partial charge on any atom is -0.593 e. The first-order chi connectivity index (χ1) is 14.7. The van der Waals surface area contributed by atoms with Crippen molar-refractivity contribution in [3.8, 4) is 0 Å². The van der Waals surface area contributed by atoms with Crippen molar-refractivity contribution < 1.29 is 17.8 Å². The van der Waals surface area contributed by atoms with E-state index in [1.807, 2.05) is 12.1 Å². The van der Waals surface area contributed by atoms with Crippen LogP contribution in [0.2, 0.25) is 0 Å². The average Bonchev–Trinajstić information content (AvgIpc) is 3.28. The van der Waals surface area contributed by atoms with Crippen molar-refractivity contribution in [1.29, 1.82) is 5.41 Å². The number of carbonyl (C=O) groups excluding carboxylic acids is 1. The first-order valence-electron chi connectivity index (χ1n) is 9.50. The van der Waals surface area contributed by atoms with Crippen molar-refractivity contribution in [3.63, 3.8) is 0 Å². The predicted octanol–water partition coefficient (Wildman–Crippen LogP) is -0.0577. The summed E-state index contributed by atoms with van der Waals surface area (Å²) in [5.41, 5.74) is 1.72. The Kier molecular flexibility index (Phi) is 5.45. The Labute approximate surface area is 183 Å². The Morgan fingerprint density at radius 2 is 2.29 bits per heavy atom. The number of rotatable bonds is 7. The van der Waals surface area contributed by atoms with Crippen molar-refractivity contribution in [3.05, 3.63) is 41.7 Å². The molecule has 2 aromatic rings. The van der Waals surface area contributed by atoms with E-state index in [2.05, 4.69) is 20.8 Å². The van der Waals surface area contributed by atoms with Gasteiger partial charge in [0.15, 0.2) is 5.25 Å². The second-order valence-corrected chi connectivity index (χ2v) is 11.3. The van der Waals surface area contributed by atoms with Crippen LogP contribution in [0.1, 0.15) is 17.5 Å². The highest BCUT2D eigenvalue weighted by Crippen LogP contribution is 2.48. The summed E-state index contributed by atoms with van der Waals surface area (Å²) in [5, 5.41) is 19.8. The molecule has 31 heavy (non-hydrogen) atoms. The molecule has 3 atom stereocenters. The number of aromatic amines is 1. The number of sulfonamides is 1. The number of hydrogen-bond acceptors (Lipinski definition) is 6. The third kappa shape index (κ3) is 3.46. The number of anilines is 1. The number of carbonyl (C=O) groups is 1. The van der Waals surface area contributed by atoms with Gasteiger partial charge in [0.2, 0.25) is 22.4 Å². The molecule has 13 heteroatoms. The predicted molar refractivity (Wildman–Crippen MR) is 115 cm³/mol. The lowest BCUT2D eigenvalue weighted by Crippen LogP contribution is -2.71. The number of benzene rings is 1. The summed E-state index contributed by atoms with van der Waals surface area (Å²) in [7, 11) is -0.680. The SMILES string of the molecule is CN1C(=N)N[C@@]2(Cc3ccc(NC=O)cc32)C(CCN(C)S(=O)(=O)c2cn[nH]c2)[S+]1[O-]. The molecule has 2 unspecified atom stereocenters. The fraction of sp³-hybridized carbons (Fsp3) is 0.389. The number of nitrogens with zero attached hydrogens (tertiary/aromatic N) is 3. The molecule has 2 aliphatic rings. The van der Waals surface area contributed by atoms with Crippen LogP contribution in [0, 0.1) is 5.41 Å². The Bertz CT molecular complexity index is 1110. The Morgan fingerprint density at radius 3 is 2.97 bits per heavy atom. The molecule has 1 fully saturated rings. The molecule has 0 saturated carbocycles. The van der Waals surface area contributed by atoms with Gasteiger partial charge in [-0.1, -0.05) is 6.07 Å². The Balaban J connectivity index is 1.62. The van der Waals surface area contributed by atoms with E-state index in [-0.39, 0.29) is 17.4 Å². The molecule has 1 spiro atoms. The molecule has 11 nitrogen and oxygen atoms in total. The number of nitrogens with one attached hydrogen (secondary N) is 4. The quantitative estimate of drug-likeness (QED) is 0.329. The van der Waals surface area contributed by atoms with Crippen molar-refractivity contribution in [1.82, 2.24) is 24.1 Å². The van der Waals surface area contributed by atoms with E-state index in [0.717, 1.165) is 11.1 Å². The Hall–Kier alpha value is -2.61. The van der Waals surface area contributed by atoms with Crippen LogP contribution in [0.15, 0.2) is 35.5 Å². The van der Waals surface area contributed by atoms with Gasteiger partial charge in [0.05, 0.1) is 24.6 Å². The highest BCUT2D eigenvalue weighted by atomic mass is 32.2. The maximum Gasteiger partial charge on any atom is 0.245 e. The number of H-pyrrole nitrogens is 1. The molecule has 2 heterocycles. The third-order valence-corrected chi connectivity index (χ3v) is 9.56. The molecule has 1 aliphatic heterocycles. The van der Waals surface area contributed by atoms with Crippen LogP contribution in [-0.2, 0) is 38.1 Å². The van der Waals surface area contributed by atoms with E-state index in [1.165, 1.54) is 28.1 Å². The van der Waals surface area contributed by atoms with Gasteiger partial charge in [-0.25, -0.2) is 12.7 Å². The lowest BCUT2D eigenvalue weighted by Gasteiger charge is -2.53. The van der Waals surface area contributed by atoms with Crippen molar-refractivity contribution in [2.24, 2.45) is 0 Å². The fourth-order valence-electron chi connectivity index (χ4n) is 4.14. The lowest BCUT2D eigenvalue weighted by molar-refractivity contribution is -0.105. The summed E-state index contributed by atoms with van der Waals surface area (Å²) >= 11 is -1.55. The zero-order valence-electron chi connectivity index (χ0n) is 17.0. The number of aromatic nitrogens is 2. The first kappa shape index (κ1) is 21.6. The van der Waals surface area contributed by atoms with Gasteiger partial charge >= 0.3 is 0 Å². The molecule has 1 amide bonds. The molecule has 1 aromatic heterocycles. The standard InChI is InChI=1S/C18H23N7O4S2/c1-24(31(28,29)14-9-21-22-10-14)6-5-16-18(23-17(19)25(2)30(16)27)8-12-3-4-13(20-11-26)7-15(12)18/h3-4,7,9-11,16H,5-6,8H2,1-2H3,(H2,19,23)(H,20,26)(H,21,22)/t16?,18-,30?/m1/s1. The molecule has 0 radical (unpaired) electrons. The average molecular weight is 466 g/mol. The minimum absolute atomic E-state index is 0.0355. The number of fused-ring (bicyclic) bond motifs is 2. The first-order valence-corrected chi connectivity index (χ1v) is 12.1. The molecular weight excluding hydrogens is 442 g/mol. The van der Waals surface area contributed by atoms with E-state index in [4.69, 9.17) is 5.41 Å². The smallest absolute Gasteiger partial charge is 0.245 e. The van der Waals surface area contributed by atoms with Crippen LogP contribution in [0.5, 0.6) is 0 Å². The van der Waals surface area contributed by atoms with Crippen LogP contribution >= 0.6 is 0 Å². The lowest BCUT2D eigenvalue weighted by atomic mass is 9.67. The van der Waals surface area contributed by atoms with Crippen molar-refractivity contribution in [2.45, 2.75) is 28.5 Å². The summed E-state index contributed by atoms with van der Waals surface area (Å²) in [6.45, 7) is 0.135. The second-order valence-electron chi connectivity index (χ2n) is 7.57. The van der Waals surface area contributed by atoms with Gasteiger partial charge < -0.3 is 15.2 Å². The maximum atomic E-state index is 13.3. The monoisotopic (exact) mass is 465 g/mol. The van der Waals surface area contributed by atoms with Gasteiger partial charge in [0.25, 0.3) is 0 Å². The highest BCUT2D eigenvalue weighted by molar-refractivity contribution is 7.90. The zero-order chi connectivity index (χ0) is 22.4. The third-order valence-electron chi connectivity index (χ3n) is 5.89. The van der Waals surface area contributed by atoms with E-state index in [1.54, 1.807) is 13.1 Å². The summed E-state index contributed by atoms with van der Waals surface area (Å²) in [4.78, 5) is 10.9. The summed E-state index contributed by atoms with van der Waals surface area (Å²) in [5.74, 6) is 0.0355. The van der Waals surface area contributed by atoms with E-state index in [0.29, 0.717) is 24.9 Å². The normalized spacial score (nSPS) is 25.2. The molecule has 4 rings (SSSR count). The van der Waals surface area contributed by atoms with Crippen molar-refractivity contribution >= 4 is 39.4 Å². The molecule has 4 N–H and O–H groups in total. The van der Waals surface area contributed by atoms with Crippen LogP contribution in [0.3, 0.4) is 0 Å². The molecular formula is C18H23N7O4S2. The number of guanidine groups is 1. The summed E-state index contributed by atoms with van der Waals surface area (Å²) in [6.07, 6.45) is 3.99. The van der Waals surface area contributed by atoms with Gasteiger partial charge in [-0.2, -0.15) is 9.40 Å². The largest absolute Gasteiger partial charge is 0.593 e. The van der Waals surface area contributed by atoms with Crippen molar-refractivity contribution in [2.75, 3.05) is 26.0 Å². The number of hydrogen-bond donors (Lipinski definition) is 4. The molecule has 0 bridgehead atoms. The Morgan fingerprint density at radius 1 is 1.52 bits per heavy atom. The van der Waals surface area contributed by atoms with Crippen LogP contribution in [0.25, 0.3) is 0 Å². The van der Waals surface area contributed by atoms with Gasteiger partial charge in [-0.05, 0) is 23.3 Å². The minimum atomic E-state index is -3.72. The highest BCUT2D eigenvalue weighted by Gasteiger charge is 2.59. The molecule has 1 aliphatic carbocycles. The van der Waals surface area contributed by atoms with Gasteiger partial charge in [0.1, 0.15) is 10.4 Å². The molecule has 1 saturated heterocycles. The maximum absolute atomic E-state index is 13.3. The molecule has 166 valence electrons. The fourth-order valence-corrected chi connectivity index (χ4v) is 6.76. The second kappa shape index (κ2) is 7.82. The van der Waals surface area contributed by atoms with Crippen LogP contribution < -0.4 is 10.6 Å². The van der Waals surface area contributed by atoms with E-state index in [9.17, 15) is 17.8 Å². The van der Waals surface area contributed by atoms with Gasteiger partial charge in [-0.15, -0.1) is 0 Å². The summed E-state index contributed by atoms with van der Waals surface area (Å²) < 4.78 is 41.2. The topological polar surface area (TPSA) is 157 Å².